The first-order chi connectivity index (χ1) is 5.21. The van der Waals surface area contributed by atoms with E-state index in [-0.39, 0.29) is 17.7 Å². The minimum atomic E-state index is -0.237. The van der Waals surface area contributed by atoms with Crippen LogP contribution >= 0.6 is 0 Å². The number of rotatable bonds is 0. The Bertz CT molecular complexity index is 193. The fraction of sp³-hybridized carbons (Fsp3) is 0.875. The fourth-order valence-electron chi connectivity index (χ4n) is 2.03. The van der Waals surface area contributed by atoms with Gasteiger partial charge in [0, 0.05) is 0 Å². The molecule has 2 rings (SSSR count). The molecular formula is C8H13NO2. The second kappa shape index (κ2) is 2.13. The molecule has 2 atom stereocenters. The Kier molecular flexibility index (Phi) is 1.34. The number of hydrogen-bond donors (Lipinski definition) is 1. The molecule has 3 heteroatoms. The molecule has 3 nitrogen and oxygen atoms in total. The maximum absolute atomic E-state index is 10.9. The van der Waals surface area contributed by atoms with Crippen LogP contribution < -0.4 is 5.32 Å². The fourth-order valence-corrected chi connectivity index (χ4v) is 2.03. The summed E-state index contributed by atoms with van der Waals surface area (Å²) < 4.78 is 5.20. The van der Waals surface area contributed by atoms with Crippen molar-refractivity contribution in [1.82, 2.24) is 5.32 Å². The standard InChI is InChI=1S/C8H13NO2/c1-8-5-3-2-4-6(8)9-7(10)11-8/h6H,2-5H2,1H3,(H,9,10)/t6-,8+/m1/s1. The van der Waals surface area contributed by atoms with Gasteiger partial charge in [-0.15, -0.1) is 0 Å². The van der Waals surface area contributed by atoms with Gasteiger partial charge in [-0.1, -0.05) is 6.42 Å². The Hall–Kier alpha value is -0.730. The third-order valence-electron chi connectivity index (χ3n) is 2.77. The van der Waals surface area contributed by atoms with Gasteiger partial charge in [0.1, 0.15) is 5.60 Å². The SMILES string of the molecule is C[C@]12CCCC[C@H]1NC(=O)O2. The van der Waals surface area contributed by atoms with Crippen molar-refractivity contribution in [3.05, 3.63) is 0 Å². The Labute approximate surface area is 66.1 Å². The zero-order valence-corrected chi connectivity index (χ0v) is 6.72. The Morgan fingerprint density at radius 2 is 2.45 bits per heavy atom. The molecule has 1 aliphatic carbocycles. The Balaban J connectivity index is 2.17. The predicted octanol–water partition coefficient (Wildman–Crippen LogP) is 1.43. The van der Waals surface area contributed by atoms with Crippen LogP contribution in [0.2, 0.25) is 0 Å². The number of fused-ring (bicyclic) bond motifs is 1. The zero-order valence-electron chi connectivity index (χ0n) is 6.72. The molecule has 11 heavy (non-hydrogen) atoms. The number of ether oxygens (including phenoxy) is 1. The molecule has 1 aliphatic heterocycles. The average molecular weight is 155 g/mol. The summed E-state index contributed by atoms with van der Waals surface area (Å²) in [6.07, 6.45) is 4.24. The van der Waals surface area contributed by atoms with Gasteiger partial charge in [0.25, 0.3) is 0 Å². The molecule has 0 aromatic heterocycles. The molecule has 1 saturated heterocycles. The zero-order chi connectivity index (χ0) is 7.90. The third-order valence-corrected chi connectivity index (χ3v) is 2.77. The predicted molar refractivity (Wildman–Crippen MR) is 40.3 cm³/mol. The van der Waals surface area contributed by atoms with E-state index in [1.165, 1.54) is 12.8 Å². The highest BCUT2D eigenvalue weighted by Crippen LogP contribution is 2.34. The third kappa shape index (κ3) is 0.988. The van der Waals surface area contributed by atoms with Gasteiger partial charge in [-0.2, -0.15) is 0 Å². The lowest BCUT2D eigenvalue weighted by Crippen LogP contribution is -2.43. The number of carbonyl (C=O) groups excluding carboxylic acids is 1. The van der Waals surface area contributed by atoms with Crippen LogP contribution in [0, 0.1) is 0 Å². The van der Waals surface area contributed by atoms with E-state index in [4.69, 9.17) is 4.74 Å². The van der Waals surface area contributed by atoms with E-state index < -0.39 is 0 Å². The number of nitrogens with one attached hydrogen (secondary N) is 1. The van der Waals surface area contributed by atoms with Gasteiger partial charge in [0.05, 0.1) is 6.04 Å². The monoisotopic (exact) mass is 155 g/mol. The largest absolute Gasteiger partial charge is 0.441 e. The molecule has 2 aliphatic rings. The molecule has 1 N–H and O–H groups in total. The number of carbonyl (C=O) groups is 1. The van der Waals surface area contributed by atoms with Gasteiger partial charge in [0.2, 0.25) is 0 Å². The highest BCUT2D eigenvalue weighted by atomic mass is 16.6. The van der Waals surface area contributed by atoms with Crippen molar-refractivity contribution >= 4 is 6.09 Å². The second-order valence-corrected chi connectivity index (χ2v) is 3.64. The lowest BCUT2D eigenvalue weighted by molar-refractivity contribution is 0.0283. The minimum absolute atomic E-state index is 0.199. The van der Waals surface area contributed by atoms with Crippen molar-refractivity contribution in [2.45, 2.75) is 44.2 Å². The summed E-state index contributed by atoms with van der Waals surface area (Å²) in [5, 5.41) is 2.84. The van der Waals surface area contributed by atoms with Crippen molar-refractivity contribution in [1.29, 1.82) is 0 Å². The van der Waals surface area contributed by atoms with Crippen LogP contribution in [0.5, 0.6) is 0 Å². The van der Waals surface area contributed by atoms with E-state index in [9.17, 15) is 4.79 Å². The highest BCUT2D eigenvalue weighted by molar-refractivity contribution is 5.71. The first-order valence-corrected chi connectivity index (χ1v) is 4.20. The molecule has 0 spiro atoms. The van der Waals surface area contributed by atoms with Gasteiger partial charge in [-0.3, -0.25) is 0 Å². The summed E-state index contributed by atoms with van der Waals surface area (Å²) in [4.78, 5) is 10.9. The lowest BCUT2D eigenvalue weighted by atomic mass is 9.82. The summed E-state index contributed by atoms with van der Waals surface area (Å²) in [5.41, 5.74) is -0.199. The first-order valence-electron chi connectivity index (χ1n) is 4.20. The van der Waals surface area contributed by atoms with E-state index in [0.717, 1.165) is 12.8 Å². The summed E-state index contributed by atoms with van der Waals surface area (Å²) in [6, 6.07) is 0.267. The quantitative estimate of drug-likeness (QED) is 0.574. The molecule has 2 fully saturated rings. The minimum Gasteiger partial charge on any atom is -0.441 e. The van der Waals surface area contributed by atoms with Gasteiger partial charge in [0.15, 0.2) is 0 Å². The normalized spacial score (nSPS) is 42.6. The highest BCUT2D eigenvalue weighted by Gasteiger charge is 2.46. The van der Waals surface area contributed by atoms with Gasteiger partial charge < -0.3 is 10.1 Å². The molecule has 0 unspecified atom stereocenters. The molecular weight excluding hydrogens is 142 g/mol. The van der Waals surface area contributed by atoms with Crippen molar-refractivity contribution in [3.8, 4) is 0 Å². The smallest absolute Gasteiger partial charge is 0.408 e. The number of amides is 1. The molecule has 1 amide bonds. The number of hydrogen-bond acceptors (Lipinski definition) is 2. The van der Waals surface area contributed by atoms with Crippen molar-refractivity contribution in [2.24, 2.45) is 0 Å². The van der Waals surface area contributed by atoms with E-state index in [1.807, 2.05) is 6.92 Å². The maximum atomic E-state index is 10.9. The molecule has 0 radical (unpaired) electrons. The molecule has 62 valence electrons. The van der Waals surface area contributed by atoms with Gasteiger partial charge in [-0.05, 0) is 26.2 Å². The van der Waals surface area contributed by atoms with E-state index in [2.05, 4.69) is 5.32 Å². The first kappa shape index (κ1) is 6.95. The van der Waals surface area contributed by atoms with Gasteiger partial charge >= 0.3 is 6.09 Å². The maximum Gasteiger partial charge on any atom is 0.408 e. The van der Waals surface area contributed by atoms with Crippen molar-refractivity contribution < 1.29 is 9.53 Å². The van der Waals surface area contributed by atoms with Crippen LogP contribution in [-0.2, 0) is 4.74 Å². The average Bonchev–Trinajstić information content (AvgIpc) is 2.22. The van der Waals surface area contributed by atoms with Crippen LogP contribution in [0.15, 0.2) is 0 Å². The number of alkyl carbamates (subject to hydrolysis) is 1. The molecule has 1 saturated carbocycles. The summed E-state index contributed by atoms with van der Waals surface area (Å²) in [5.74, 6) is 0. The van der Waals surface area contributed by atoms with E-state index >= 15 is 0 Å². The molecule has 0 aromatic carbocycles. The Morgan fingerprint density at radius 1 is 1.64 bits per heavy atom. The molecule has 1 heterocycles. The second-order valence-electron chi connectivity index (χ2n) is 3.64. The van der Waals surface area contributed by atoms with Crippen molar-refractivity contribution in [2.75, 3.05) is 0 Å². The molecule has 0 aromatic rings. The van der Waals surface area contributed by atoms with Crippen LogP contribution in [0.4, 0.5) is 4.79 Å². The summed E-state index contributed by atoms with van der Waals surface area (Å²) in [7, 11) is 0. The summed E-state index contributed by atoms with van der Waals surface area (Å²) >= 11 is 0. The van der Waals surface area contributed by atoms with E-state index in [0.29, 0.717) is 0 Å². The Morgan fingerprint density at radius 3 is 3.18 bits per heavy atom. The van der Waals surface area contributed by atoms with Crippen LogP contribution in [0.25, 0.3) is 0 Å². The van der Waals surface area contributed by atoms with Gasteiger partial charge in [-0.25, -0.2) is 4.79 Å². The van der Waals surface area contributed by atoms with Crippen LogP contribution in [0.3, 0.4) is 0 Å². The molecule has 0 bridgehead atoms. The lowest BCUT2D eigenvalue weighted by Gasteiger charge is -2.32. The van der Waals surface area contributed by atoms with Crippen LogP contribution in [0.1, 0.15) is 32.6 Å². The van der Waals surface area contributed by atoms with E-state index in [1.54, 1.807) is 0 Å². The van der Waals surface area contributed by atoms with Crippen molar-refractivity contribution in [3.63, 3.8) is 0 Å². The van der Waals surface area contributed by atoms with Crippen LogP contribution in [-0.4, -0.2) is 17.7 Å². The topological polar surface area (TPSA) is 38.3 Å². The summed E-state index contributed by atoms with van der Waals surface area (Å²) in [6.45, 7) is 2.02.